The second-order valence-corrected chi connectivity index (χ2v) is 8.29. The highest BCUT2D eigenvalue weighted by Crippen LogP contribution is 2.00. The molecule has 0 aromatic carbocycles. The highest BCUT2D eigenvalue weighted by atomic mass is 32.2. The van der Waals surface area contributed by atoms with Crippen LogP contribution in [0.5, 0.6) is 0 Å². The zero-order valence-corrected chi connectivity index (χ0v) is 10.7. The van der Waals surface area contributed by atoms with E-state index in [1.165, 1.54) is 0 Å². The van der Waals surface area contributed by atoms with Crippen LogP contribution in [0.25, 0.3) is 0 Å². The summed E-state index contributed by atoms with van der Waals surface area (Å²) in [7, 11) is -6.89. The summed E-state index contributed by atoms with van der Waals surface area (Å²) in [5.74, 6) is -2.22. The molecular weight excluding hydrogens is 240 g/mol. The predicted octanol–water partition coefficient (Wildman–Crippen LogP) is -0.329. The standard InChI is InChI=1S/C8H16O5S2/c1-7(2)8(9)6-15(12,13)5-4-14(3,10)11/h7H,4-6H2,1-3H3. The van der Waals surface area contributed by atoms with Crippen LogP contribution in [0, 0.1) is 5.92 Å². The number of hydrogen-bond acceptors (Lipinski definition) is 5. The molecule has 0 heterocycles. The quantitative estimate of drug-likeness (QED) is 0.649. The van der Waals surface area contributed by atoms with E-state index >= 15 is 0 Å². The van der Waals surface area contributed by atoms with E-state index < -0.39 is 36.9 Å². The lowest BCUT2D eigenvalue weighted by molar-refractivity contribution is -0.119. The van der Waals surface area contributed by atoms with Crippen molar-refractivity contribution in [3.05, 3.63) is 0 Å². The third kappa shape index (κ3) is 7.49. The van der Waals surface area contributed by atoms with Crippen LogP contribution in [-0.4, -0.2) is 46.1 Å². The van der Waals surface area contributed by atoms with E-state index in [9.17, 15) is 21.6 Å². The van der Waals surface area contributed by atoms with Crippen molar-refractivity contribution >= 4 is 25.5 Å². The molecule has 0 N–H and O–H groups in total. The molecule has 0 radical (unpaired) electrons. The number of rotatable bonds is 6. The molecule has 15 heavy (non-hydrogen) atoms. The molecule has 90 valence electrons. The first-order valence-corrected chi connectivity index (χ1v) is 8.32. The number of Topliss-reactive ketones (excluding diaryl/α,β-unsaturated/α-hetero) is 1. The van der Waals surface area contributed by atoms with Gasteiger partial charge in [-0.25, -0.2) is 16.8 Å². The molecule has 0 aliphatic carbocycles. The number of hydrogen-bond donors (Lipinski definition) is 0. The van der Waals surface area contributed by atoms with E-state index in [-0.39, 0.29) is 11.7 Å². The second-order valence-electron chi connectivity index (χ2n) is 3.84. The molecular formula is C8H16O5S2. The third-order valence-corrected chi connectivity index (χ3v) is 4.53. The van der Waals surface area contributed by atoms with Gasteiger partial charge in [0, 0.05) is 12.2 Å². The molecule has 0 atom stereocenters. The summed E-state index contributed by atoms with van der Waals surface area (Å²) in [6, 6.07) is 0. The Morgan fingerprint density at radius 3 is 1.87 bits per heavy atom. The molecule has 7 heteroatoms. The summed E-state index contributed by atoms with van der Waals surface area (Å²) in [5.41, 5.74) is 0. The van der Waals surface area contributed by atoms with E-state index in [4.69, 9.17) is 0 Å². The van der Waals surface area contributed by atoms with Gasteiger partial charge in [-0.05, 0) is 0 Å². The number of carbonyl (C=O) groups excluding carboxylic acids is 1. The maximum atomic E-state index is 11.3. The van der Waals surface area contributed by atoms with Crippen LogP contribution in [0.1, 0.15) is 13.8 Å². The SMILES string of the molecule is CC(C)C(=O)CS(=O)(=O)CCS(C)(=O)=O. The molecule has 0 saturated heterocycles. The molecule has 5 nitrogen and oxygen atoms in total. The minimum absolute atomic E-state index is 0.349. The molecule has 0 aromatic rings. The van der Waals surface area contributed by atoms with Crippen molar-refractivity contribution in [3.8, 4) is 0 Å². The first-order valence-electron chi connectivity index (χ1n) is 4.44. The Morgan fingerprint density at radius 1 is 1.07 bits per heavy atom. The van der Waals surface area contributed by atoms with Gasteiger partial charge in [0.2, 0.25) is 0 Å². The first-order chi connectivity index (χ1) is 6.53. The zero-order chi connectivity index (χ0) is 12.3. The van der Waals surface area contributed by atoms with Gasteiger partial charge in [0.05, 0.1) is 11.5 Å². The van der Waals surface area contributed by atoms with Crippen LogP contribution in [0.3, 0.4) is 0 Å². The Bertz CT molecular complexity index is 416. The van der Waals surface area contributed by atoms with Gasteiger partial charge in [-0.2, -0.15) is 0 Å². The van der Waals surface area contributed by atoms with Crippen LogP contribution < -0.4 is 0 Å². The van der Waals surface area contributed by atoms with Gasteiger partial charge < -0.3 is 0 Å². The smallest absolute Gasteiger partial charge is 0.158 e. The largest absolute Gasteiger partial charge is 0.298 e. The summed E-state index contributed by atoms with van der Waals surface area (Å²) in [6.45, 7) is 3.21. The lowest BCUT2D eigenvalue weighted by Gasteiger charge is -2.05. The molecule has 0 fully saturated rings. The number of ketones is 1. The van der Waals surface area contributed by atoms with Gasteiger partial charge in [0.15, 0.2) is 9.84 Å². The Kier molecular flexibility index (Phi) is 4.92. The predicted molar refractivity (Wildman–Crippen MR) is 58.2 cm³/mol. The molecule has 0 unspecified atom stereocenters. The van der Waals surface area contributed by atoms with Crippen molar-refractivity contribution in [3.63, 3.8) is 0 Å². The van der Waals surface area contributed by atoms with E-state index in [0.29, 0.717) is 0 Å². The van der Waals surface area contributed by atoms with Crippen molar-refractivity contribution in [1.29, 1.82) is 0 Å². The van der Waals surface area contributed by atoms with E-state index in [0.717, 1.165) is 6.26 Å². The molecule has 0 bridgehead atoms. The summed E-state index contributed by atoms with van der Waals surface area (Å²) in [5, 5.41) is 0. The summed E-state index contributed by atoms with van der Waals surface area (Å²) in [4.78, 5) is 11.2. The van der Waals surface area contributed by atoms with Crippen molar-refractivity contribution in [1.82, 2.24) is 0 Å². The first kappa shape index (κ1) is 14.6. The fourth-order valence-electron chi connectivity index (χ4n) is 0.734. The fourth-order valence-corrected chi connectivity index (χ4v) is 3.87. The summed E-state index contributed by atoms with van der Waals surface area (Å²) in [6.07, 6.45) is 0.965. The number of carbonyl (C=O) groups is 1. The average Bonchev–Trinajstić information content (AvgIpc) is 1.99. The Hall–Kier alpha value is -0.430. The van der Waals surface area contributed by atoms with E-state index in [2.05, 4.69) is 0 Å². The van der Waals surface area contributed by atoms with Crippen LogP contribution in [0.4, 0.5) is 0 Å². The monoisotopic (exact) mass is 256 g/mol. The Balaban J connectivity index is 4.40. The van der Waals surface area contributed by atoms with Gasteiger partial charge >= 0.3 is 0 Å². The summed E-state index contributed by atoms with van der Waals surface area (Å²) < 4.78 is 44.1. The van der Waals surface area contributed by atoms with Crippen molar-refractivity contribution in [2.45, 2.75) is 13.8 Å². The minimum atomic E-state index is -3.59. The van der Waals surface area contributed by atoms with Crippen molar-refractivity contribution < 1.29 is 21.6 Å². The van der Waals surface area contributed by atoms with Gasteiger partial charge in [-0.1, -0.05) is 13.8 Å². The topological polar surface area (TPSA) is 85.3 Å². The van der Waals surface area contributed by atoms with Crippen LogP contribution in [-0.2, 0) is 24.5 Å². The average molecular weight is 256 g/mol. The maximum absolute atomic E-state index is 11.3. The van der Waals surface area contributed by atoms with E-state index in [1.807, 2.05) is 0 Å². The highest BCUT2D eigenvalue weighted by Gasteiger charge is 2.20. The molecule has 0 saturated carbocycles. The van der Waals surface area contributed by atoms with Gasteiger partial charge in [-0.3, -0.25) is 4.79 Å². The molecule has 0 rings (SSSR count). The lowest BCUT2D eigenvalue weighted by Crippen LogP contribution is -2.25. The van der Waals surface area contributed by atoms with Gasteiger partial charge in [0.1, 0.15) is 21.4 Å². The molecule has 0 amide bonds. The zero-order valence-electron chi connectivity index (χ0n) is 9.06. The molecule has 0 spiro atoms. The lowest BCUT2D eigenvalue weighted by atomic mass is 10.1. The summed E-state index contributed by atoms with van der Waals surface area (Å²) >= 11 is 0. The highest BCUT2D eigenvalue weighted by molar-refractivity contribution is 7.95. The van der Waals surface area contributed by atoms with Crippen LogP contribution in [0.2, 0.25) is 0 Å². The molecule has 0 aliphatic rings. The second kappa shape index (κ2) is 5.07. The Labute approximate surface area is 90.7 Å². The van der Waals surface area contributed by atoms with Crippen molar-refractivity contribution in [2.75, 3.05) is 23.5 Å². The minimum Gasteiger partial charge on any atom is -0.298 e. The number of sulfone groups is 2. The van der Waals surface area contributed by atoms with Crippen molar-refractivity contribution in [2.24, 2.45) is 5.92 Å². The van der Waals surface area contributed by atoms with Gasteiger partial charge in [-0.15, -0.1) is 0 Å². The molecule has 0 aliphatic heterocycles. The third-order valence-electron chi connectivity index (χ3n) is 1.77. The normalized spacial score (nSPS) is 13.1. The van der Waals surface area contributed by atoms with E-state index in [1.54, 1.807) is 13.8 Å². The fraction of sp³-hybridized carbons (Fsp3) is 0.875. The Morgan fingerprint density at radius 2 is 1.53 bits per heavy atom. The molecule has 0 aromatic heterocycles. The van der Waals surface area contributed by atoms with Crippen LogP contribution in [0.15, 0.2) is 0 Å². The van der Waals surface area contributed by atoms with Gasteiger partial charge in [0.25, 0.3) is 0 Å². The maximum Gasteiger partial charge on any atom is 0.158 e. The van der Waals surface area contributed by atoms with Crippen LogP contribution >= 0.6 is 0 Å².